The number of hydrogen-bond donors (Lipinski definition) is 0. The van der Waals surface area contributed by atoms with E-state index in [1.165, 1.54) is 18.4 Å². The van der Waals surface area contributed by atoms with Gasteiger partial charge < -0.3 is 18.9 Å². The first kappa shape index (κ1) is 30.8. The summed E-state index contributed by atoms with van der Waals surface area (Å²) in [5.74, 6) is 0.909. The fourth-order valence-electron chi connectivity index (χ4n) is 4.89. The molecule has 0 spiro atoms. The zero-order valence-electron chi connectivity index (χ0n) is 24.2. The van der Waals surface area contributed by atoms with Crippen molar-refractivity contribution in [3.05, 3.63) is 113 Å². The molecule has 9 nitrogen and oxygen atoms in total. The van der Waals surface area contributed by atoms with Crippen LogP contribution in [-0.2, 0) is 9.53 Å². The van der Waals surface area contributed by atoms with E-state index in [0.717, 1.165) is 5.56 Å². The lowest BCUT2D eigenvalue weighted by Crippen LogP contribution is -2.40. The standard InChI is InChI=1S/C33H28BrN3O6S/c1-4-41-23-13-11-22(12-14-23)29-27(32(39)42-5-2)28(21-9-7-6-8-10-21)36-33-37(29)31(38)26(44-33)19-20-17-24(34)30(43-16-15-35)25(18-20)40-3/h6-14,17-19,29H,4-5,16H2,1-3H3/b26-19-/t29-/m1/s1. The molecule has 5 rings (SSSR count). The molecule has 0 aliphatic carbocycles. The van der Waals surface area contributed by atoms with Crippen molar-refractivity contribution in [2.75, 3.05) is 26.9 Å². The highest BCUT2D eigenvalue weighted by atomic mass is 79.9. The van der Waals surface area contributed by atoms with Crippen molar-refractivity contribution in [3.63, 3.8) is 0 Å². The molecule has 4 aromatic rings. The number of aromatic nitrogens is 1. The predicted molar refractivity (Wildman–Crippen MR) is 170 cm³/mol. The largest absolute Gasteiger partial charge is 0.494 e. The minimum Gasteiger partial charge on any atom is -0.494 e. The molecule has 224 valence electrons. The smallest absolute Gasteiger partial charge is 0.338 e. The zero-order chi connectivity index (χ0) is 31.2. The van der Waals surface area contributed by atoms with E-state index < -0.39 is 12.0 Å². The average Bonchev–Trinajstić information content (AvgIpc) is 3.34. The number of nitrogens with zero attached hydrogens (tertiary/aromatic N) is 3. The molecular weight excluding hydrogens is 646 g/mol. The van der Waals surface area contributed by atoms with Crippen LogP contribution in [0.1, 0.15) is 36.6 Å². The summed E-state index contributed by atoms with van der Waals surface area (Å²) in [5.41, 5.74) is 2.49. The molecule has 0 saturated carbocycles. The number of thiazole rings is 1. The van der Waals surface area contributed by atoms with Gasteiger partial charge >= 0.3 is 5.97 Å². The first-order valence-electron chi connectivity index (χ1n) is 13.8. The van der Waals surface area contributed by atoms with Crippen LogP contribution in [0.3, 0.4) is 0 Å². The van der Waals surface area contributed by atoms with Crippen LogP contribution in [0.15, 0.2) is 86.6 Å². The predicted octanol–water partition coefficient (Wildman–Crippen LogP) is 5.01. The first-order valence-corrected chi connectivity index (χ1v) is 15.4. The normalized spacial score (nSPS) is 14.3. The molecule has 0 unspecified atom stereocenters. The minimum atomic E-state index is -0.804. The van der Waals surface area contributed by atoms with Crippen LogP contribution in [0.25, 0.3) is 11.8 Å². The molecule has 1 aliphatic heterocycles. The van der Waals surface area contributed by atoms with Gasteiger partial charge in [-0.2, -0.15) is 5.26 Å². The van der Waals surface area contributed by atoms with Crippen molar-refractivity contribution in [3.8, 4) is 23.3 Å². The van der Waals surface area contributed by atoms with E-state index in [4.69, 9.17) is 29.2 Å². The van der Waals surface area contributed by atoms with Gasteiger partial charge in [0, 0.05) is 5.56 Å². The molecule has 0 saturated heterocycles. The third kappa shape index (κ3) is 6.18. The molecule has 3 aromatic carbocycles. The molecule has 0 N–H and O–H groups in total. The number of carbonyl (C=O) groups is 1. The summed E-state index contributed by atoms with van der Waals surface area (Å²) in [6.45, 7) is 4.17. The van der Waals surface area contributed by atoms with Crippen molar-refractivity contribution >= 4 is 45.0 Å². The van der Waals surface area contributed by atoms with Crippen molar-refractivity contribution in [1.29, 1.82) is 5.26 Å². The number of nitriles is 1. The Balaban J connectivity index is 1.76. The lowest BCUT2D eigenvalue weighted by atomic mass is 9.93. The molecule has 2 heterocycles. The van der Waals surface area contributed by atoms with Gasteiger partial charge in [-0.3, -0.25) is 9.36 Å². The van der Waals surface area contributed by atoms with Crippen molar-refractivity contribution in [1.82, 2.24) is 4.57 Å². The second-order valence-electron chi connectivity index (χ2n) is 9.41. The Hall–Kier alpha value is -4.66. The molecule has 0 radical (unpaired) electrons. The van der Waals surface area contributed by atoms with Crippen LogP contribution in [0.5, 0.6) is 17.2 Å². The molecule has 1 aliphatic rings. The van der Waals surface area contributed by atoms with Gasteiger partial charge in [0.15, 0.2) is 22.9 Å². The average molecular weight is 675 g/mol. The van der Waals surface area contributed by atoms with Crippen molar-refractivity contribution in [2.24, 2.45) is 4.99 Å². The third-order valence-corrected chi connectivity index (χ3v) is 8.28. The molecule has 44 heavy (non-hydrogen) atoms. The fourth-order valence-corrected chi connectivity index (χ4v) is 6.46. The van der Waals surface area contributed by atoms with Crippen LogP contribution in [0.4, 0.5) is 0 Å². The van der Waals surface area contributed by atoms with Crippen LogP contribution < -0.4 is 29.1 Å². The number of esters is 1. The number of fused-ring (bicyclic) bond motifs is 1. The number of rotatable bonds is 10. The number of halogens is 1. The van der Waals surface area contributed by atoms with E-state index in [0.29, 0.717) is 54.5 Å². The lowest BCUT2D eigenvalue weighted by molar-refractivity contribution is -0.138. The Kier molecular flexibility index (Phi) is 9.62. The summed E-state index contributed by atoms with van der Waals surface area (Å²) in [7, 11) is 1.50. The van der Waals surface area contributed by atoms with Gasteiger partial charge in [-0.25, -0.2) is 9.79 Å². The minimum absolute atomic E-state index is 0.148. The number of carbonyl (C=O) groups excluding carboxylic acids is 1. The highest BCUT2D eigenvalue weighted by molar-refractivity contribution is 9.10. The number of ether oxygens (including phenoxy) is 4. The highest BCUT2D eigenvalue weighted by Gasteiger charge is 2.35. The third-order valence-electron chi connectivity index (χ3n) is 6.71. The van der Waals surface area contributed by atoms with Gasteiger partial charge in [-0.1, -0.05) is 53.8 Å². The Bertz CT molecular complexity index is 1940. The van der Waals surface area contributed by atoms with E-state index in [1.807, 2.05) is 67.6 Å². The molecule has 0 fully saturated rings. The van der Waals surface area contributed by atoms with Crippen LogP contribution >= 0.6 is 27.3 Å². The van der Waals surface area contributed by atoms with Crippen molar-refractivity contribution < 1.29 is 23.7 Å². The Morgan fingerprint density at radius 3 is 2.50 bits per heavy atom. The summed E-state index contributed by atoms with van der Waals surface area (Å²) in [5, 5.41) is 8.94. The van der Waals surface area contributed by atoms with Gasteiger partial charge in [0.25, 0.3) is 5.56 Å². The Morgan fingerprint density at radius 2 is 1.84 bits per heavy atom. The second-order valence-corrected chi connectivity index (χ2v) is 11.3. The van der Waals surface area contributed by atoms with E-state index in [9.17, 15) is 9.59 Å². The Labute approximate surface area is 266 Å². The van der Waals surface area contributed by atoms with Gasteiger partial charge in [0.1, 0.15) is 11.8 Å². The maximum atomic E-state index is 14.2. The summed E-state index contributed by atoms with van der Waals surface area (Å²) >= 11 is 4.70. The summed E-state index contributed by atoms with van der Waals surface area (Å²) in [6.07, 6.45) is 1.73. The quantitative estimate of drug-likeness (QED) is 0.218. The zero-order valence-corrected chi connectivity index (χ0v) is 26.6. The molecule has 11 heteroatoms. The van der Waals surface area contributed by atoms with E-state index >= 15 is 0 Å². The number of hydrogen-bond acceptors (Lipinski definition) is 9. The number of methoxy groups -OCH3 is 1. The SMILES string of the molecule is CCOC(=O)C1=C(c2ccccc2)N=c2s/c(=C\c3cc(Br)c(OCC#N)c(OC)c3)c(=O)n2[C@@H]1c1ccc(OCC)cc1. The van der Waals surface area contributed by atoms with Crippen LogP contribution in [0.2, 0.25) is 0 Å². The van der Waals surface area contributed by atoms with Crippen molar-refractivity contribution in [2.45, 2.75) is 19.9 Å². The molecule has 1 atom stereocenters. The first-order chi connectivity index (χ1) is 21.4. The molecule has 1 aromatic heterocycles. The summed E-state index contributed by atoms with van der Waals surface area (Å²) in [6, 6.07) is 21.4. The number of benzene rings is 3. The van der Waals surface area contributed by atoms with Crippen LogP contribution in [0, 0.1) is 11.3 Å². The lowest BCUT2D eigenvalue weighted by Gasteiger charge is -2.26. The monoisotopic (exact) mass is 673 g/mol. The molecule has 0 amide bonds. The molecular formula is C33H28BrN3O6S. The maximum absolute atomic E-state index is 14.2. The van der Waals surface area contributed by atoms with E-state index in [-0.39, 0.29) is 24.3 Å². The van der Waals surface area contributed by atoms with Gasteiger partial charge in [0.05, 0.1) is 46.6 Å². The summed E-state index contributed by atoms with van der Waals surface area (Å²) in [4.78, 5) is 33.1. The highest BCUT2D eigenvalue weighted by Crippen LogP contribution is 2.38. The van der Waals surface area contributed by atoms with Crippen LogP contribution in [-0.4, -0.2) is 37.5 Å². The van der Waals surface area contributed by atoms with E-state index in [2.05, 4.69) is 15.9 Å². The van der Waals surface area contributed by atoms with Gasteiger partial charge in [-0.05, 0) is 71.2 Å². The molecule has 0 bridgehead atoms. The maximum Gasteiger partial charge on any atom is 0.338 e. The van der Waals surface area contributed by atoms with Gasteiger partial charge in [0.2, 0.25) is 0 Å². The second kappa shape index (κ2) is 13.8. The summed E-state index contributed by atoms with van der Waals surface area (Å²) < 4.78 is 24.7. The Morgan fingerprint density at radius 1 is 1.09 bits per heavy atom. The van der Waals surface area contributed by atoms with Gasteiger partial charge in [-0.15, -0.1) is 0 Å². The topological polar surface area (TPSA) is 112 Å². The fraction of sp³-hybridized carbons (Fsp3) is 0.212. The van der Waals surface area contributed by atoms with E-state index in [1.54, 1.807) is 29.7 Å².